The van der Waals surface area contributed by atoms with Gasteiger partial charge in [-0.2, -0.15) is 4.98 Å². The molecule has 0 radical (unpaired) electrons. The molecule has 0 saturated carbocycles. The van der Waals surface area contributed by atoms with E-state index in [1.807, 2.05) is 18.2 Å². The molecular weight excluding hydrogens is 517 g/mol. The normalized spacial score (nSPS) is 14.8. The van der Waals surface area contributed by atoms with Crippen LogP contribution in [0.25, 0.3) is 16.7 Å². The molecule has 37 heavy (non-hydrogen) atoms. The van der Waals surface area contributed by atoms with Gasteiger partial charge in [0.15, 0.2) is 17.1 Å². The molecular formula is C25H25Cl2N7O3. The average Bonchev–Trinajstić information content (AvgIpc) is 2.88. The lowest BCUT2D eigenvalue weighted by Gasteiger charge is -2.30. The van der Waals surface area contributed by atoms with Gasteiger partial charge in [0.25, 0.3) is 0 Å². The Morgan fingerprint density at radius 2 is 1.95 bits per heavy atom. The predicted octanol–water partition coefficient (Wildman–Crippen LogP) is 4.12. The summed E-state index contributed by atoms with van der Waals surface area (Å²) in [5.74, 6) is 1.55. The number of ether oxygens (including phenoxy) is 2. The van der Waals surface area contributed by atoms with Crippen LogP contribution in [0.1, 0.15) is 13.8 Å². The number of aromatic nitrogens is 4. The summed E-state index contributed by atoms with van der Waals surface area (Å²) in [7, 11) is 0. The number of rotatable bonds is 7. The van der Waals surface area contributed by atoms with Gasteiger partial charge in [0.2, 0.25) is 5.95 Å². The maximum atomic E-state index is 12.9. The monoisotopic (exact) mass is 541 g/mol. The highest BCUT2D eigenvalue weighted by Crippen LogP contribution is 2.35. The first kappa shape index (κ1) is 25.1. The fourth-order valence-electron chi connectivity index (χ4n) is 4.19. The second-order valence-corrected chi connectivity index (χ2v) is 9.28. The topological polar surface area (TPSA) is 121 Å². The summed E-state index contributed by atoms with van der Waals surface area (Å²) in [6, 6.07) is 10.4. The summed E-state index contributed by atoms with van der Waals surface area (Å²) >= 11 is 12.5. The number of nitrogens with zero attached hydrogens (tertiary/aromatic N) is 4. The van der Waals surface area contributed by atoms with E-state index in [1.54, 1.807) is 18.2 Å². The minimum absolute atomic E-state index is 0.0330. The van der Waals surface area contributed by atoms with Gasteiger partial charge in [0, 0.05) is 24.5 Å². The Kier molecular flexibility index (Phi) is 7.05. The Hall–Kier alpha value is -3.60. The molecule has 3 heterocycles. The molecule has 192 valence electrons. The van der Waals surface area contributed by atoms with Crippen LogP contribution in [-0.4, -0.2) is 56.8 Å². The number of H-pyrrole nitrogens is 1. The number of aromatic amines is 1. The van der Waals surface area contributed by atoms with Crippen LogP contribution in [0.4, 0.5) is 11.6 Å². The molecule has 1 aliphatic heterocycles. The minimum atomic E-state index is -0.601. The van der Waals surface area contributed by atoms with E-state index in [0.717, 1.165) is 24.2 Å². The highest BCUT2D eigenvalue weighted by atomic mass is 35.5. The molecule has 0 aliphatic carbocycles. The number of fused-ring (bicyclic) bond motifs is 2. The van der Waals surface area contributed by atoms with Crippen molar-refractivity contribution in [2.45, 2.75) is 20.0 Å². The molecule has 2 aromatic carbocycles. The van der Waals surface area contributed by atoms with E-state index in [9.17, 15) is 4.79 Å². The van der Waals surface area contributed by atoms with Crippen LogP contribution in [-0.2, 0) is 0 Å². The predicted molar refractivity (Wildman–Crippen MR) is 143 cm³/mol. The molecule has 5 rings (SSSR count). The van der Waals surface area contributed by atoms with Crippen LogP contribution in [0.15, 0.2) is 47.4 Å². The van der Waals surface area contributed by atoms with Crippen LogP contribution in [0.3, 0.4) is 0 Å². The number of para-hydroxylation sites is 1. The average molecular weight is 542 g/mol. The van der Waals surface area contributed by atoms with E-state index in [4.69, 9.17) is 38.1 Å². The van der Waals surface area contributed by atoms with Gasteiger partial charge in [-0.25, -0.2) is 14.3 Å². The van der Waals surface area contributed by atoms with Crippen molar-refractivity contribution in [2.75, 3.05) is 31.6 Å². The quantitative estimate of drug-likeness (QED) is 0.321. The van der Waals surface area contributed by atoms with E-state index in [2.05, 4.69) is 39.0 Å². The summed E-state index contributed by atoms with van der Waals surface area (Å²) in [6.07, 6.45) is 1.43. The van der Waals surface area contributed by atoms with Crippen LogP contribution >= 0.6 is 23.2 Å². The minimum Gasteiger partial charge on any atom is -0.486 e. The van der Waals surface area contributed by atoms with Gasteiger partial charge in [0.05, 0.1) is 21.1 Å². The molecule has 12 heteroatoms. The van der Waals surface area contributed by atoms with Crippen molar-refractivity contribution in [2.24, 2.45) is 0 Å². The fourth-order valence-corrected chi connectivity index (χ4v) is 4.75. The molecule has 0 amide bonds. The maximum Gasteiger partial charge on any atom is 0.333 e. The van der Waals surface area contributed by atoms with Gasteiger partial charge in [-0.05, 0) is 37.4 Å². The SMILES string of the molecule is CCN(CC)CC1COc2cc(Nc3ncc4c(=N)n(-c5c(Cl)cccc5Cl)c(=O)[nH]c4n3)ccc2O1. The third-order valence-corrected chi connectivity index (χ3v) is 6.74. The number of halogens is 2. The second kappa shape index (κ2) is 10.4. The third-order valence-electron chi connectivity index (χ3n) is 6.13. The Morgan fingerprint density at radius 1 is 1.19 bits per heavy atom. The van der Waals surface area contributed by atoms with Gasteiger partial charge in [-0.1, -0.05) is 43.1 Å². The summed E-state index contributed by atoms with van der Waals surface area (Å²) in [5, 5.41) is 12.5. The summed E-state index contributed by atoms with van der Waals surface area (Å²) < 4.78 is 13.2. The van der Waals surface area contributed by atoms with E-state index in [1.165, 1.54) is 6.20 Å². The zero-order valence-electron chi connectivity index (χ0n) is 20.2. The van der Waals surface area contributed by atoms with E-state index in [-0.39, 0.29) is 38.9 Å². The lowest BCUT2D eigenvalue weighted by molar-refractivity contribution is 0.0616. The zero-order valence-corrected chi connectivity index (χ0v) is 21.7. The van der Waals surface area contributed by atoms with Crippen LogP contribution in [0.5, 0.6) is 11.5 Å². The van der Waals surface area contributed by atoms with Gasteiger partial charge in [-0.3, -0.25) is 10.4 Å². The second-order valence-electron chi connectivity index (χ2n) is 8.46. The standard InChI is InChI=1S/C25H25Cl2N7O3/c1-3-33(4-2)12-15-13-36-20-10-14(8-9-19(20)37-15)30-24-29-11-16-22(28)34(25(35)32-23(16)31-24)21-17(26)6-5-7-18(21)27/h5-11,15,28H,3-4,12-13H2,1-2H3,(H2,29,30,31,32,35). The zero-order chi connectivity index (χ0) is 26.1. The number of nitrogens with one attached hydrogen (secondary N) is 3. The van der Waals surface area contributed by atoms with Crippen LogP contribution in [0, 0.1) is 5.41 Å². The summed E-state index contributed by atoms with van der Waals surface area (Å²) in [5.41, 5.74) is 0.362. The first-order valence-electron chi connectivity index (χ1n) is 11.8. The maximum absolute atomic E-state index is 12.9. The molecule has 10 nitrogen and oxygen atoms in total. The van der Waals surface area contributed by atoms with Gasteiger partial charge in [-0.15, -0.1) is 0 Å². The van der Waals surface area contributed by atoms with Crippen LogP contribution < -0.4 is 26.0 Å². The molecule has 1 unspecified atom stereocenters. The largest absolute Gasteiger partial charge is 0.486 e. The molecule has 0 bridgehead atoms. The smallest absolute Gasteiger partial charge is 0.333 e. The lowest BCUT2D eigenvalue weighted by atomic mass is 10.2. The first-order valence-corrected chi connectivity index (χ1v) is 12.6. The Bertz CT molecular complexity index is 1560. The molecule has 0 fully saturated rings. The van der Waals surface area contributed by atoms with Crippen molar-refractivity contribution in [3.05, 3.63) is 68.6 Å². The summed E-state index contributed by atoms with van der Waals surface area (Å²) in [6.45, 7) is 7.43. The lowest BCUT2D eigenvalue weighted by Crippen LogP contribution is -2.40. The van der Waals surface area contributed by atoms with Gasteiger partial charge in [0.1, 0.15) is 18.2 Å². The summed E-state index contributed by atoms with van der Waals surface area (Å²) in [4.78, 5) is 26.6. The van der Waals surface area contributed by atoms with E-state index >= 15 is 0 Å². The highest BCUT2D eigenvalue weighted by molar-refractivity contribution is 6.37. The Labute approximate surface area is 222 Å². The number of benzene rings is 2. The molecule has 4 aromatic rings. The van der Waals surface area contributed by atoms with Crippen molar-refractivity contribution in [1.82, 2.24) is 24.4 Å². The van der Waals surface area contributed by atoms with E-state index < -0.39 is 5.69 Å². The van der Waals surface area contributed by atoms with Crippen molar-refractivity contribution in [3.63, 3.8) is 0 Å². The first-order chi connectivity index (χ1) is 17.9. The fraction of sp³-hybridized carbons (Fsp3) is 0.280. The molecule has 0 saturated heterocycles. The Balaban J connectivity index is 1.40. The third kappa shape index (κ3) is 5.00. The molecule has 3 N–H and O–H groups in total. The molecule has 0 spiro atoms. The molecule has 1 aliphatic rings. The van der Waals surface area contributed by atoms with Gasteiger partial charge < -0.3 is 19.7 Å². The van der Waals surface area contributed by atoms with Crippen molar-refractivity contribution < 1.29 is 9.47 Å². The molecule has 2 aromatic heterocycles. The Morgan fingerprint density at radius 3 is 2.68 bits per heavy atom. The van der Waals surface area contributed by atoms with Gasteiger partial charge >= 0.3 is 5.69 Å². The molecule has 1 atom stereocenters. The van der Waals surface area contributed by atoms with Crippen molar-refractivity contribution in [1.29, 1.82) is 5.41 Å². The highest BCUT2D eigenvalue weighted by Gasteiger charge is 2.23. The van der Waals surface area contributed by atoms with Crippen LogP contribution in [0.2, 0.25) is 10.0 Å². The van der Waals surface area contributed by atoms with Crippen molar-refractivity contribution >= 4 is 45.9 Å². The number of likely N-dealkylation sites (N-methyl/N-ethyl adjacent to an activating group) is 1. The number of hydrogen-bond donors (Lipinski definition) is 3. The number of hydrogen-bond acceptors (Lipinski definition) is 8. The van der Waals surface area contributed by atoms with E-state index in [0.29, 0.717) is 29.2 Å². The van der Waals surface area contributed by atoms with Crippen molar-refractivity contribution in [3.8, 4) is 17.2 Å². The number of anilines is 2.